The Bertz CT molecular complexity index is 1070. The highest BCUT2D eigenvalue weighted by Crippen LogP contribution is 2.44. The molecule has 0 aromatic heterocycles. The topological polar surface area (TPSA) is 87.4 Å². The number of sulfone groups is 1. The molecule has 0 saturated heterocycles. The lowest BCUT2D eigenvalue weighted by atomic mass is 9.88. The van der Waals surface area contributed by atoms with E-state index in [1.807, 2.05) is 0 Å². The molecule has 0 amide bonds. The van der Waals surface area contributed by atoms with E-state index in [9.17, 15) is 31.1 Å². The predicted octanol–water partition coefficient (Wildman–Crippen LogP) is 4.15. The van der Waals surface area contributed by atoms with Gasteiger partial charge in [0.15, 0.2) is 0 Å². The number of aliphatic hydroxyl groups excluding tert-OH is 1. The Hall–Kier alpha value is -2.64. The molecule has 1 unspecified atom stereocenters. The summed E-state index contributed by atoms with van der Waals surface area (Å²) < 4.78 is 82.0. The number of benzene rings is 2. The fourth-order valence-corrected chi connectivity index (χ4v) is 4.18. The second-order valence-electron chi connectivity index (χ2n) is 6.20. The summed E-state index contributed by atoms with van der Waals surface area (Å²) in [6.45, 7) is 0. The van der Waals surface area contributed by atoms with Gasteiger partial charge in [0.1, 0.15) is 17.3 Å². The van der Waals surface area contributed by atoms with E-state index < -0.39 is 32.2 Å². The first-order chi connectivity index (χ1) is 13.0. The number of hydrogen-bond acceptors (Lipinski definition) is 5. The molecule has 2 aromatic rings. The van der Waals surface area contributed by atoms with Gasteiger partial charge in [0.25, 0.3) is 9.84 Å². The van der Waals surface area contributed by atoms with Crippen LogP contribution in [0.15, 0.2) is 35.2 Å². The minimum absolute atomic E-state index is 0.00985. The van der Waals surface area contributed by atoms with Gasteiger partial charge in [0, 0.05) is 17.2 Å². The van der Waals surface area contributed by atoms with Crippen LogP contribution in [0.3, 0.4) is 0 Å². The summed E-state index contributed by atoms with van der Waals surface area (Å²) in [5, 5.41) is 19.1. The third kappa shape index (κ3) is 3.55. The fourth-order valence-electron chi connectivity index (χ4n) is 3.13. The van der Waals surface area contributed by atoms with Crippen molar-refractivity contribution in [3.63, 3.8) is 0 Å². The molecule has 2 aromatic carbocycles. The van der Waals surface area contributed by atoms with Gasteiger partial charge in [-0.3, -0.25) is 0 Å². The van der Waals surface area contributed by atoms with E-state index in [4.69, 9.17) is 10.00 Å². The fraction of sp³-hybridized carbons (Fsp3) is 0.278. The lowest BCUT2D eigenvalue weighted by molar-refractivity contribution is -0.0437. The van der Waals surface area contributed by atoms with E-state index in [1.54, 1.807) is 6.07 Å². The van der Waals surface area contributed by atoms with Crippen molar-refractivity contribution in [2.24, 2.45) is 0 Å². The molecule has 1 atom stereocenters. The molecule has 3 rings (SSSR count). The van der Waals surface area contributed by atoms with E-state index in [1.165, 1.54) is 6.07 Å². The van der Waals surface area contributed by atoms with Crippen molar-refractivity contribution >= 4 is 9.84 Å². The number of nitriles is 1. The smallest absolute Gasteiger partial charge is 0.457 e. The molecule has 1 aliphatic carbocycles. The second kappa shape index (κ2) is 7.07. The van der Waals surface area contributed by atoms with Gasteiger partial charge in [0.2, 0.25) is 0 Å². The van der Waals surface area contributed by atoms with Crippen LogP contribution in [0.1, 0.15) is 35.6 Å². The highest BCUT2D eigenvalue weighted by molar-refractivity contribution is 7.92. The van der Waals surface area contributed by atoms with Crippen molar-refractivity contribution < 1.29 is 35.8 Å². The average Bonchev–Trinajstić information content (AvgIpc) is 2.60. The Morgan fingerprint density at radius 2 is 1.93 bits per heavy atom. The van der Waals surface area contributed by atoms with Crippen molar-refractivity contribution in [2.45, 2.75) is 35.8 Å². The van der Waals surface area contributed by atoms with Gasteiger partial charge >= 0.3 is 5.51 Å². The largest absolute Gasteiger partial charge is 0.501 e. The molecule has 0 heterocycles. The summed E-state index contributed by atoms with van der Waals surface area (Å²) in [5.74, 6) is -0.839. The third-order valence-electron chi connectivity index (χ3n) is 4.33. The number of alkyl halides is 3. The maximum atomic E-state index is 13.6. The molecule has 0 bridgehead atoms. The molecule has 5 nitrogen and oxygen atoms in total. The first kappa shape index (κ1) is 20.1. The molecule has 0 spiro atoms. The highest BCUT2D eigenvalue weighted by atomic mass is 32.2. The molecule has 0 aliphatic heterocycles. The molecule has 28 heavy (non-hydrogen) atoms. The van der Waals surface area contributed by atoms with E-state index in [0.717, 1.165) is 24.3 Å². The normalized spacial score (nSPS) is 16.9. The van der Waals surface area contributed by atoms with Gasteiger partial charge in [0.05, 0.1) is 22.6 Å². The van der Waals surface area contributed by atoms with Gasteiger partial charge < -0.3 is 9.84 Å². The molecule has 0 saturated carbocycles. The van der Waals surface area contributed by atoms with Gasteiger partial charge in [-0.05, 0) is 43.5 Å². The predicted molar refractivity (Wildman–Crippen MR) is 88.8 cm³/mol. The molecule has 1 aliphatic rings. The van der Waals surface area contributed by atoms with Crippen LogP contribution in [0, 0.1) is 17.1 Å². The van der Waals surface area contributed by atoms with Gasteiger partial charge in [-0.15, -0.1) is 0 Å². The van der Waals surface area contributed by atoms with Crippen LogP contribution in [0.5, 0.6) is 11.5 Å². The number of rotatable bonds is 3. The second-order valence-corrected chi connectivity index (χ2v) is 8.11. The van der Waals surface area contributed by atoms with Crippen LogP contribution in [-0.2, 0) is 16.3 Å². The standard InChI is InChI=1S/C18H13F4NO4S/c19-11-6-10(9-23)7-12(8-11)27-15-4-5-16(28(25,26)18(20,21)22)17-13(15)2-1-3-14(17)24/h4-8,14,24H,1-3H2. The average molecular weight is 415 g/mol. The summed E-state index contributed by atoms with van der Waals surface area (Å²) in [5.41, 5.74) is -5.81. The number of fused-ring (bicyclic) bond motifs is 1. The maximum absolute atomic E-state index is 13.6. The third-order valence-corrected chi connectivity index (χ3v) is 5.88. The minimum atomic E-state index is -5.68. The van der Waals surface area contributed by atoms with Crippen molar-refractivity contribution in [1.29, 1.82) is 5.26 Å². The summed E-state index contributed by atoms with van der Waals surface area (Å²) >= 11 is 0. The molecule has 148 valence electrons. The molecule has 10 heteroatoms. The zero-order valence-electron chi connectivity index (χ0n) is 14.1. The summed E-state index contributed by atoms with van der Waals surface area (Å²) in [6.07, 6.45) is -0.757. The molecular formula is C18H13F4NO4S. The zero-order chi connectivity index (χ0) is 20.7. The zero-order valence-corrected chi connectivity index (χ0v) is 14.9. The summed E-state index contributed by atoms with van der Waals surface area (Å²) in [6, 6.07) is 6.68. The van der Waals surface area contributed by atoms with Crippen LogP contribution < -0.4 is 4.74 Å². The van der Waals surface area contributed by atoms with Crippen LogP contribution in [0.2, 0.25) is 0 Å². The first-order valence-electron chi connectivity index (χ1n) is 8.08. The monoisotopic (exact) mass is 415 g/mol. The lowest BCUT2D eigenvalue weighted by Crippen LogP contribution is -2.26. The Morgan fingerprint density at radius 1 is 1.21 bits per heavy atom. The van der Waals surface area contributed by atoms with Crippen LogP contribution >= 0.6 is 0 Å². The maximum Gasteiger partial charge on any atom is 0.501 e. The minimum Gasteiger partial charge on any atom is -0.457 e. The first-order valence-corrected chi connectivity index (χ1v) is 9.56. The summed E-state index contributed by atoms with van der Waals surface area (Å²) in [7, 11) is -5.68. The number of hydrogen-bond donors (Lipinski definition) is 1. The van der Waals surface area contributed by atoms with E-state index in [0.29, 0.717) is 6.42 Å². The Labute approximate surface area is 157 Å². The van der Waals surface area contributed by atoms with Crippen molar-refractivity contribution in [2.75, 3.05) is 0 Å². The SMILES string of the molecule is N#Cc1cc(F)cc(Oc2ccc(S(=O)(=O)C(F)(F)F)c3c2CCCC3O)c1. The Balaban J connectivity index is 2.15. The van der Waals surface area contributed by atoms with E-state index in [-0.39, 0.29) is 41.0 Å². The summed E-state index contributed by atoms with van der Waals surface area (Å²) in [4.78, 5) is -1.02. The Kier molecular flexibility index (Phi) is 5.08. The van der Waals surface area contributed by atoms with Crippen LogP contribution in [0.4, 0.5) is 17.6 Å². The Morgan fingerprint density at radius 3 is 2.57 bits per heavy atom. The van der Waals surface area contributed by atoms with Gasteiger partial charge in [-0.1, -0.05) is 0 Å². The number of nitrogens with zero attached hydrogens (tertiary/aromatic N) is 1. The highest BCUT2D eigenvalue weighted by Gasteiger charge is 2.49. The van der Waals surface area contributed by atoms with E-state index >= 15 is 0 Å². The number of aliphatic hydroxyl groups is 1. The van der Waals surface area contributed by atoms with Crippen molar-refractivity contribution in [3.8, 4) is 17.6 Å². The molecule has 1 N–H and O–H groups in total. The molecule has 0 radical (unpaired) electrons. The van der Waals surface area contributed by atoms with Crippen LogP contribution in [-0.4, -0.2) is 19.0 Å². The van der Waals surface area contributed by atoms with Gasteiger partial charge in [-0.25, -0.2) is 12.8 Å². The molecule has 0 fully saturated rings. The number of halogens is 4. The lowest BCUT2D eigenvalue weighted by Gasteiger charge is -2.26. The van der Waals surface area contributed by atoms with Gasteiger partial charge in [-0.2, -0.15) is 18.4 Å². The number of ether oxygens (including phenoxy) is 1. The van der Waals surface area contributed by atoms with Crippen molar-refractivity contribution in [1.82, 2.24) is 0 Å². The molecular weight excluding hydrogens is 402 g/mol. The quantitative estimate of drug-likeness (QED) is 0.761. The van der Waals surface area contributed by atoms with E-state index in [2.05, 4.69) is 0 Å². The van der Waals surface area contributed by atoms with Crippen LogP contribution in [0.25, 0.3) is 0 Å². The van der Waals surface area contributed by atoms with Crippen molar-refractivity contribution in [3.05, 3.63) is 52.8 Å².